The van der Waals surface area contributed by atoms with Crippen molar-refractivity contribution in [1.29, 1.82) is 0 Å². The lowest BCUT2D eigenvalue weighted by atomic mass is 10.0. The zero-order valence-electron chi connectivity index (χ0n) is 13.2. The maximum atomic E-state index is 11.6. The highest BCUT2D eigenvalue weighted by atomic mass is 32.2. The van der Waals surface area contributed by atoms with Crippen LogP contribution in [0.4, 0.5) is 0 Å². The van der Waals surface area contributed by atoms with Crippen LogP contribution >= 0.6 is 0 Å². The molecule has 1 atom stereocenters. The van der Waals surface area contributed by atoms with Gasteiger partial charge < -0.3 is 15.2 Å². The third-order valence-electron chi connectivity index (χ3n) is 3.45. The molecule has 0 aromatic heterocycles. The summed E-state index contributed by atoms with van der Waals surface area (Å²) in [7, 11) is -2.60. The van der Waals surface area contributed by atoms with E-state index in [4.69, 9.17) is 4.74 Å². The molecule has 1 unspecified atom stereocenters. The molecule has 0 heterocycles. The van der Waals surface area contributed by atoms with Gasteiger partial charge in [0.25, 0.3) is 0 Å². The monoisotopic (exact) mass is 349 g/mol. The van der Waals surface area contributed by atoms with Gasteiger partial charge in [0.05, 0.1) is 11.3 Å². The molecule has 24 heavy (non-hydrogen) atoms. The fourth-order valence-corrected chi connectivity index (χ4v) is 2.81. The Hall–Kier alpha value is -2.54. The number of nitrogens with one attached hydrogen (secondary N) is 1. The number of para-hydroxylation sites is 1. The van der Waals surface area contributed by atoms with E-state index in [9.17, 15) is 18.3 Å². The Balaban J connectivity index is 2.40. The van der Waals surface area contributed by atoms with Gasteiger partial charge in [-0.15, -0.1) is 0 Å². The second-order valence-electron chi connectivity index (χ2n) is 5.23. The number of unbranched alkanes of at least 4 members (excludes halogenated alkanes) is 1. The quantitative estimate of drug-likeness (QED) is 0.576. The number of carboxylic acid groups (broad SMARTS) is 1. The van der Waals surface area contributed by atoms with Gasteiger partial charge in [-0.3, -0.25) is 0 Å². The van der Waals surface area contributed by atoms with E-state index in [-0.39, 0.29) is 10.4 Å². The molecule has 0 aliphatic heterocycles. The zero-order chi connectivity index (χ0) is 17.5. The van der Waals surface area contributed by atoms with E-state index in [2.05, 4.69) is 5.32 Å². The normalized spacial score (nSPS) is 16.9. The van der Waals surface area contributed by atoms with Crippen LogP contribution in [0.1, 0.15) is 19.8 Å². The Morgan fingerprint density at radius 1 is 1.25 bits per heavy atom. The zero-order valence-corrected chi connectivity index (χ0v) is 14.0. The van der Waals surface area contributed by atoms with Crippen LogP contribution in [0.2, 0.25) is 0 Å². The molecule has 0 bridgehead atoms. The topological polar surface area (TPSA) is 92.7 Å². The van der Waals surface area contributed by atoms with E-state index in [1.807, 2.05) is 13.0 Å². The molecule has 2 N–H and O–H groups in total. The Bertz CT molecular complexity index is 786. The summed E-state index contributed by atoms with van der Waals surface area (Å²) in [5, 5.41) is 12.3. The van der Waals surface area contributed by atoms with Crippen molar-refractivity contribution in [1.82, 2.24) is 5.32 Å². The van der Waals surface area contributed by atoms with E-state index in [1.54, 1.807) is 24.3 Å². The van der Waals surface area contributed by atoms with E-state index in [1.165, 1.54) is 6.08 Å². The summed E-state index contributed by atoms with van der Waals surface area (Å²) in [5.41, 5.74) is 0.326. The molecule has 0 saturated carbocycles. The summed E-state index contributed by atoms with van der Waals surface area (Å²) >= 11 is 0. The van der Waals surface area contributed by atoms with Crippen LogP contribution in [0.3, 0.4) is 0 Å². The van der Waals surface area contributed by atoms with Crippen LogP contribution in [-0.4, -0.2) is 37.0 Å². The summed E-state index contributed by atoms with van der Waals surface area (Å²) in [6.45, 7) is 2.63. The average Bonchev–Trinajstić information content (AvgIpc) is 2.56. The van der Waals surface area contributed by atoms with E-state index in [0.717, 1.165) is 18.9 Å². The number of ether oxygens (including phenoxy) is 1. The molecule has 0 radical (unpaired) electrons. The molecule has 1 aliphatic rings. The van der Waals surface area contributed by atoms with Crippen molar-refractivity contribution in [2.75, 3.05) is 6.54 Å². The highest BCUT2D eigenvalue weighted by Gasteiger charge is 2.29. The Labute approximate surface area is 142 Å². The number of hydrogen-bond acceptors (Lipinski definition) is 5. The van der Waals surface area contributed by atoms with Crippen LogP contribution < -0.4 is 10.1 Å². The lowest BCUT2D eigenvalue weighted by Gasteiger charge is -2.25. The number of aliphatic carboxylic acids is 1. The first kappa shape index (κ1) is 17.8. The van der Waals surface area contributed by atoms with Gasteiger partial charge in [-0.25, -0.2) is 4.79 Å². The average molecular weight is 349 g/mol. The minimum atomic E-state index is -2.60. The second-order valence-corrected chi connectivity index (χ2v) is 6.17. The molecule has 0 amide bonds. The Morgan fingerprint density at radius 2 is 1.96 bits per heavy atom. The molecule has 1 aromatic carbocycles. The van der Waals surface area contributed by atoms with Crippen molar-refractivity contribution in [3.63, 3.8) is 0 Å². The molecule has 2 rings (SSSR count). The lowest BCUT2D eigenvalue weighted by molar-refractivity contribution is -0.132. The maximum absolute atomic E-state index is 11.6. The molecule has 128 valence electrons. The number of carbonyl (C=O) groups is 1. The van der Waals surface area contributed by atoms with Crippen LogP contribution in [0, 0.1) is 0 Å². The van der Waals surface area contributed by atoms with Gasteiger partial charge in [0.1, 0.15) is 10.6 Å². The second kappa shape index (κ2) is 8.35. The molecule has 7 heteroatoms. The van der Waals surface area contributed by atoms with Gasteiger partial charge >= 0.3 is 5.97 Å². The highest BCUT2D eigenvalue weighted by molar-refractivity contribution is 7.73. The van der Waals surface area contributed by atoms with Gasteiger partial charge in [0.2, 0.25) is 10.3 Å². The standard InChI is InChI=1S/C17H19NO5S/c1-2-3-9-18-14-10-12(17(19)20)11-15(24(21)22)16(14)23-13-7-5-4-6-8-13/h4-8,10-11,16,18H,2-3,9H2,1H3,(H,19,20). The minimum absolute atomic E-state index is 0.0962. The first-order valence-electron chi connectivity index (χ1n) is 7.61. The smallest absolute Gasteiger partial charge is 0.335 e. The van der Waals surface area contributed by atoms with E-state index >= 15 is 0 Å². The van der Waals surface area contributed by atoms with Crippen molar-refractivity contribution < 1.29 is 23.1 Å². The van der Waals surface area contributed by atoms with Crippen molar-refractivity contribution in [2.24, 2.45) is 0 Å². The van der Waals surface area contributed by atoms with Crippen LogP contribution in [-0.2, 0) is 15.1 Å². The van der Waals surface area contributed by atoms with Crippen molar-refractivity contribution in [3.8, 4) is 5.75 Å². The summed E-state index contributed by atoms with van der Waals surface area (Å²) in [6.07, 6.45) is 3.48. The summed E-state index contributed by atoms with van der Waals surface area (Å²) in [5.74, 6) is -0.688. The molecule has 0 saturated heterocycles. The Morgan fingerprint density at radius 3 is 2.54 bits per heavy atom. The molecule has 1 aromatic rings. The lowest BCUT2D eigenvalue weighted by Crippen LogP contribution is -2.38. The summed E-state index contributed by atoms with van der Waals surface area (Å²) in [4.78, 5) is 11.2. The van der Waals surface area contributed by atoms with Crippen molar-refractivity contribution in [2.45, 2.75) is 25.9 Å². The molecule has 1 aliphatic carbocycles. The maximum Gasteiger partial charge on any atom is 0.335 e. The fourth-order valence-electron chi connectivity index (χ4n) is 2.24. The predicted molar refractivity (Wildman–Crippen MR) is 91.5 cm³/mol. The molecule has 0 fully saturated rings. The van der Waals surface area contributed by atoms with Crippen molar-refractivity contribution >= 4 is 21.1 Å². The van der Waals surface area contributed by atoms with Gasteiger partial charge in [-0.05, 0) is 30.7 Å². The number of carboxylic acids is 1. The Kier molecular flexibility index (Phi) is 6.20. The number of benzene rings is 1. The van der Waals surface area contributed by atoms with E-state index in [0.29, 0.717) is 18.0 Å². The third kappa shape index (κ3) is 4.48. The van der Waals surface area contributed by atoms with Crippen LogP contribution in [0.15, 0.2) is 53.8 Å². The van der Waals surface area contributed by atoms with Gasteiger partial charge in [0.15, 0.2) is 6.10 Å². The SMILES string of the molecule is CCCCNC1=CC(C(=O)O)=CC(=S(=O)=O)C1Oc1ccccc1. The van der Waals surface area contributed by atoms with Crippen LogP contribution in [0.5, 0.6) is 5.75 Å². The fraction of sp³-hybridized carbons (Fsp3) is 0.294. The molecule has 0 spiro atoms. The van der Waals surface area contributed by atoms with Crippen LogP contribution in [0.25, 0.3) is 0 Å². The van der Waals surface area contributed by atoms with Gasteiger partial charge in [0, 0.05) is 6.54 Å². The summed E-state index contributed by atoms with van der Waals surface area (Å²) in [6, 6.07) is 8.80. The number of rotatable bonds is 7. The predicted octanol–water partition coefficient (Wildman–Crippen LogP) is 1.78. The highest BCUT2D eigenvalue weighted by Crippen LogP contribution is 2.21. The van der Waals surface area contributed by atoms with E-state index < -0.39 is 22.4 Å². The van der Waals surface area contributed by atoms with Gasteiger partial charge in [-0.1, -0.05) is 31.5 Å². The first-order chi connectivity index (χ1) is 11.5. The summed E-state index contributed by atoms with van der Waals surface area (Å²) < 4.78 is 29.0. The van der Waals surface area contributed by atoms with Crippen molar-refractivity contribution in [3.05, 3.63) is 53.8 Å². The third-order valence-corrected chi connectivity index (χ3v) is 4.16. The minimum Gasteiger partial charge on any atom is -0.478 e. The largest absolute Gasteiger partial charge is 0.478 e. The first-order valence-corrected chi connectivity index (χ1v) is 8.68. The molecular weight excluding hydrogens is 330 g/mol. The molecule has 6 nitrogen and oxygen atoms in total. The molecular formula is C17H19NO5S. The van der Waals surface area contributed by atoms with Gasteiger partial charge in [-0.2, -0.15) is 8.42 Å². The number of hydrogen-bond donors (Lipinski definition) is 2.